The van der Waals surface area contributed by atoms with Gasteiger partial charge in [0.25, 0.3) is 11.5 Å². The molecule has 3 rings (SSSR count). The van der Waals surface area contributed by atoms with E-state index >= 15 is 0 Å². The molecule has 0 aliphatic carbocycles. The molecule has 0 atom stereocenters. The van der Waals surface area contributed by atoms with E-state index in [9.17, 15) is 23.5 Å². The first-order chi connectivity index (χ1) is 12.3. The number of H-pyrrole nitrogens is 1. The molecule has 10 heteroatoms. The number of amides is 1. The van der Waals surface area contributed by atoms with Crippen molar-refractivity contribution in [2.24, 2.45) is 0 Å². The van der Waals surface area contributed by atoms with Gasteiger partial charge in [-0.1, -0.05) is 6.07 Å². The summed E-state index contributed by atoms with van der Waals surface area (Å²) < 4.78 is 26.5. The highest BCUT2D eigenvalue weighted by molar-refractivity contribution is 7.09. The van der Waals surface area contributed by atoms with Gasteiger partial charge in [0.2, 0.25) is 5.75 Å². The Morgan fingerprint density at radius 2 is 2.12 bits per heavy atom. The number of halogens is 2. The first kappa shape index (κ1) is 17.7. The average Bonchev–Trinajstić information content (AvgIpc) is 3.02. The molecule has 2 heterocycles. The molecule has 0 aliphatic rings. The fraction of sp³-hybridized carbons (Fsp3) is 0.125. The van der Waals surface area contributed by atoms with Crippen molar-refractivity contribution in [3.8, 4) is 17.3 Å². The summed E-state index contributed by atoms with van der Waals surface area (Å²) in [6.07, 6.45) is 0. The highest BCUT2D eigenvalue weighted by Crippen LogP contribution is 2.19. The first-order valence-corrected chi connectivity index (χ1v) is 8.21. The second-order valence-corrected chi connectivity index (χ2v) is 6.34. The van der Waals surface area contributed by atoms with Crippen molar-refractivity contribution in [3.63, 3.8) is 0 Å². The van der Waals surface area contributed by atoms with Gasteiger partial charge in [0, 0.05) is 23.6 Å². The maximum atomic E-state index is 13.6. The van der Waals surface area contributed by atoms with Crippen LogP contribution in [0, 0.1) is 18.6 Å². The number of rotatable bonds is 4. The first-order valence-electron chi connectivity index (χ1n) is 7.33. The molecule has 0 saturated carbocycles. The number of carbonyl (C=O) groups excluding carboxylic acids is 1. The Morgan fingerprint density at radius 3 is 2.77 bits per heavy atom. The Hall–Kier alpha value is -3.14. The van der Waals surface area contributed by atoms with Crippen molar-refractivity contribution in [2.45, 2.75) is 13.5 Å². The third-order valence-electron chi connectivity index (χ3n) is 3.43. The average molecular weight is 378 g/mol. The molecule has 0 unspecified atom stereocenters. The fourth-order valence-electron chi connectivity index (χ4n) is 2.14. The molecule has 1 amide bonds. The van der Waals surface area contributed by atoms with Crippen LogP contribution in [0.3, 0.4) is 0 Å². The van der Waals surface area contributed by atoms with Gasteiger partial charge >= 0.3 is 0 Å². The molecule has 3 N–H and O–H groups in total. The van der Waals surface area contributed by atoms with Crippen molar-refractivity contribution in [2.75, 3.05) is 0 Å². The summed E-state index contributed by atoms with van der Waals surface area (Å²) in [7, 11) is 0. The number of aromatic amines is 1. The van der Waals surface area contributed by atoms with E-state index < -0.39 is 34.5 Å². The van der Waals surface area contributed by atoms with Gasteiger partial charge in [0.05, 0.1) is 5.01 Å². The normalized spacial score (nSPS) is 10.7. The van der Waals surface area contributed by atoms with E-state index in [4.69, 9.17) is 0 Å². The Balaban J connectivity index is 1.86. The summed E-state index contributed by atoms with van der Waals surface area (Å²) in [6, 6.07) is 2.92. The molecular formula is C16H12F2N4O3S. The number of benzene rings is 1. The van der Waals surface area contributed by atoms with Crippen LogP contribution in [-0.4, -0.2) is 26.0 Å². The molecule has 26 heavy (non-hydrogen) atoms. The molecule has 0 spiro atoms. The summed E-state index contributed by atoms with van der Waals surface area (Å²) >= 11 is 1.33. The highest BCUT2D eigenvalue weighted by atomic mass is 32.1. The van der Waals surface area contributed by atoms with Crippen LogP contribution in [0.4, 0.5) is 8.78 Å². The molecule has 0 bridgehead atoms. The van der Waals surface area contributed by atoms with E-state index in [2.05, 4.69) is 20.3 Å². The number of nitrogens with one attached hydrogen (secondary N) is 2. The molecule has 0 fully saturated rings. The third kappa shape index (κ3) is 3.59. The van der Waals surface area contributed by atoms with E-state index in [0.717, 1.165) is 11.1 Å². The summed E-state index contributed by atoms with van der Waals surface area (Å²) in [4.78, 5) is 34.5. The Morgan fingerprint density at radius 1 is 1.35 bits per heavy atom. The molecule has 0 aliphatic heterocycles. The van der Waals surface area contributed by atoms with E-state index in [1.165, 1.54) is 17.4 Å². The smallest absolute Gasteiger partial charge is 0.294 e. The Bertz CT molecular complexity index is 1050. The van der Waals surface area contributed by atoms with Crippen LogP contribution in [0.1, 0.15) is 21.1 Å². The Kier molecular flexibility index (Phi) is 4.76. The zero-order valence-corrected chi connectivity index (χ0v) is 14.2. The van der Waals surface area contributed by atoms with Crippen molar-refractivity contribution >= 4 is 17.2 Å². The number of thiazole rings is 1. The minimum absolute atomic E-state index is 0.0234. The minimum atomic E-state index is -0.904. The second kappa shape index (κ2) is 7.00. The maximum absolute atomic E-state index is 13.6. The molecule has 7 nitrogen and oxygen atoms in total. The monoisotopic (exact) mass is 378 g/mol. The van der Waals surface area contributed by atoms with Gasteiger partial charge < -0.3 is 15.4 Å². The topological polar surface area (TPSA) is 108 Å². The lowest BCUT2D eigenvalue weighted by Gasteiger charge is -2.08. The van der Waals surface area contributed by atoms with Gasteiger partial charge in [-0.15, -0.1) is 11.3 Å². The number of carbonyl (C=O) groups is 1. The highest BCUT2D eigenvalue weighted by Gasteiger charge is 2.19. The quantitative estimate of drug-likeness (QED) is 0.644. The van der Waals surface area contributed by atoms with Crippen molar-refractivity contribution in [3.05, 3.63) is 61.8 Å². The number of aromatic hydroxyl groups is 1. The summed E-state index contributed by atoms with van der Waals surface area (Å²) in [5.74, 6) is -3.29. The van der Waals surface area contributed by atoms with Crippen LogP contribution in [0.15, 0.2) is 28.4 Å². The fourth-order valence-corrected chi connectivity index (χ4v) is 2.74. The molecule has 0 saturated heterocycles. The lowest BCUT2D eigenvalue weighted by atomic mass is 10.2. The van der Waals surface area contributed by atoms with Crippen LogP contribution >= 0.6 is 11.3 Å². The molecule has 3 aromatic rings. The van der Waals surface area contributed by atoms with Crippen molar-refractivity contribution in [1.29, 1.82) is 0 Å². The van der Waals surface area contributed by atoms with Crippen LogP contribution in [-0.2, 0) is 6.54 Å². The van der Waals surface area contributed by atoms with E-state index in [1.807, 2.05) is 0 Å². The third-order valence-corrected chi connectivity index (χ3v) is 4.20. The maximum Gasteiger partial charge on any atom is 0.294 e. The lowest BCUT2D eigenvalue weighted by Crippen LogP contribution is -2.27. The van der Waals surface area contributed by atoms with Gasteiger partial charge in [-0.2, -0.15) is 0 Å². The van der Waals surface area contributed by atoms with Crippen LogP contribution in [0.2, 0.25) is 0 Å². The number of hydrogen-bond acceptors (Lipinski definition) is 6. The summed E-state index contributed by atoms with van der Waals surface area (Å²) in [6.45, 7) is 1.49. The molecule has 134 valence electrons. The second-order valence-electron chi connectivity index (χ2n) is 5.28. The predicted molar refractivity (Wildman–Crippen MR) is 89.9 cm³/mol. The van der Waals surface area contributed by atoms with Gasteiger partial charge in [-0.25, -0.2) is 18.7 Å². The summed E-state index contributed by atoms with van der Waals surface area (Å²) in [5.41, 5.74) is -1.03. The summed E-state index contributed by atoms with van der Waals surface area (Å²) in [5, 5.41) is 14.5. The number of hydrogen-bond donors (Lipinski definition) is 3. The number of aromatic nitrogens is 3. The standard InChI is InChI=1S/C16H12F2N4O3S/c1-7-20-11(6-26-7)14-21-12(13(23)16(25)22-14)15(24)19-5-8-2-3-9(17)4-10(8)18/h2-4,6,23H,5H2,1H3,(H,19,24)(H,21,22,25). The van der Waals surface area contributed by atoms with Gasteiger partial charge in [-0.3, -0.25) is 9.59 Å². The molecular weight excluding hydrogens is 366 g/mol. The number of nitrogens with zero attached hydrogens (tertiary/aromatic N) is 2. The molecule has 1 aromatic carbocycles. The zero-order chi connectivity index (χ0) is 18.8. The van der Waals surface area contributed by atoms with E-state index in [-0.39, 0.29) is 17.9 Å². The van der Waals surface area contributed by atoms with E-state index in [0.29, 0.717) is 11.8 Å². The predicted octanol–water partition coefficient (Wildman–Crippen LogP) is 2.12. The van der Waals surface area contributed by atoms with Gasteiger partial charge in [-0.05, 0) is 13.0 Å². The van der Waals surface area contributed by atoms with Crippen molar-refractivity contribution < 1.29 is 18.7 Å². The largest absolute Gasteiger partial charge is 0.501 e. The minimum Gasteiger partial charge on any atom is -0.501 e. The number of aryl methyl sites for hydroxylation is 1. The molecule has 0 radical (unpaired) electrons. The van der Waals surface area contributed by atoms with Crippen LogP contribution in [0.5, 0.6) is 5.75 Å². The van der Waals surface area contributed by atoms with E-state index in [1.54, 1.807) is 12.3 Å². The zero-order valence-electron chi connectivity index (χ0n) is 13.3. The van der Waals surface area contributed by atoms with Gasteiger partial charge in [0.1, 0.15) is 17.3 Å². The van der Waals surface area contributed by atoms with Gasteiger partial charge in [0.15, 0.2) is 11.5 Å². The lowest BCUT2D eigenvalue weighted by molar-refractivity contribution is 0.0942. The molecule has 2 aromatic heterocycles. The Labute approximate surface area is 149 Å². The van der Waals surface area contributed by atoms with Crippen LogP contribution in [0.25, 0.3) is 11.5 Å². The SMILES string of the molecule is Cc1nc(-c2nc(C(=O)NCc3ccc(F)cc3F)c(O)c(=O)[nH]2)cs1. The van der Waals surface area contributed by atoms with Crippen LogP contribution < -0.4 is 10.9 Å². The van der Waals surface area contributed by atoms with Crippen molar-refractivity contribution in [1.82, 2.24) is 20.3 Å².